The lowest BCUT2D eigenvalue weighted by Gasteiger charge is -2.08. The van der Waals surface area contributed by atoms with Gasteiger partial charge in [-0.25, -0.2) is 4.98 Å². The standard InChI is InChI=1S/C16H12ClN5OS/c1-9-2-3-12(17)5-13(9)21-14(23)8-24-16-11(7-19)4-10(6-18)15(20)22-16/h2-5H,8H2,1H3,(H2,20,22)(H,21,23)/p+1. The second-order valence-corrected chi connectivity index (χ2v) is 6.28. The van der Waals surface area contributed by atoms with Gasteiger partial charge in [-0.05, 0) is 30.7 Å². The van der Waals surface area contributed by atoms with E-state index in [1.807, 2.05) is 25.1 Å². The molecule has 0 saturated heterocycles. The number of carbonyl (C=O) groups excluding carboxylic acids is 1. The molecule has 0 radical (unpaired) electrons. The molecular weight excluding hydrogens is 346 g/mol. The van der Waals surface area contributed by atoms with Gasteiger partial charge in [0.1, 0.15) is 23.3 Å². The molecule has 0 aliphatic rings. The van der Waals surface area contributed by atoms with Crippen molar-refractivity contribution in [3.8, 4) is 12.1 Å². The van der Waals surface area contributed by atoms with Crippen molar-refractivity contribution in [1.29, 1.82) is 10.5 Å². The Kier molecular flexibility index (Phi) is 5.64. The van der Waals surface area contributed by atoms with E-state index < -0.39 is 0 Å². The predicted octanol–water partition coefficient (Wildman–Crippen LogP) is 2.52. The van der Waals surface area contributed by atoms with Crippen molar-refractivity contribution in [1.82, 2.24) is 0 Å². The molecule has 8 heteroatoms. The molecule has 0 spiro atoms. The third kappa shape index (κ3) is 4.17. The first-order valence-electron chi connectivity index (χ1n) is 6.79. The van der Waals surface area contributed by atoms with E-state index in [4.69, 9.17) is 27.9 Å². The molecule has 1 heterocycles. The number of halogens is 1. The van der Waals surface area contributed by atoms with Crippen molar-refractivity contribution in [2.45, 2.75) is 11.9 Å². The number of aryl methyl sites for hydroxylation is 1. The summed E-state index contributed by atoms with van der Waals surface area (Å²) < 4.78 is 0. The Morgan fingerprint density at radius 3 is 2.71 bits per heavy atom. The molecule has 2 rings (SSSR count). The third-order valence-electron chi connectivity index (χ3n) is 3.13. The van der Waals surface area contributed by atoms with Gasteiger partial charge in [-0.15, -0.1) is 0 Å². The Labute approximate surface area is 148 Å². The Balaban J connectivity index is 2.10. The van der Waals surface area contributed by atoms with Gasteiger partial charge in [-0.1, -0.05) is 29.4 Å². The van der Waals surface area contributed by atoms with E-state index in [1.54, 1.807) is 12.1 Å². The van der Waals surface area contributed by atoms with Crippen molar-refractivity contribution in [2.75, 3.05) is 16.8 Å². The van der Waals surface area contributed by atoms with Crippen molar-refractivity contribution < 1.29 is 9.78 Å². The van der Waals surface area contributed by atoms with E-state index in [0.717, 1.165) is 17.3 Å². The van der Waals surface area contributed by atoms with Crippen LogP contribution >= 0.6 is 23.4 Å². The monoisotopic (exact) mass is 358 g/mol. The zero-order chi connectivity index (χ0) is 17.7. The van der Waals surface area contributed by atoms with Crippen LogP contribution in [0, 0.1) is 29.6 Å². The van der Waals surface area contributed by atoms with Crippen LogP contribution in [0.4, 0.5) is 11.5 Å². The minimum Gasteiger partial charge on any atom is -0.325 e. The molecule has 2 aromatic rings. The number of hydrogen-bond acceptors (Lipinski definition) is 5. The van der Waals surface area contributed by atoms with Gasteiger partial charge >= 0.3 is 0 Å². The van der Waals surface area contributed by atoms with Crippen LogP contribution in [-0.2, 0) is 4.79 Å². The Morgan fingerprint density at radius 1 is 1.33 bits per heavy atom. The number of anilines is 2. The molecule has 0 atom stereocenters. The second-order valence-electron chi connectivity index (χ2n) is 4.86. The number of carbonyl (C=O) groups is 1. The van der Waals surface area contributed by atoms with Crippen LogP contribution in [0.15, 0.2) is 29.3 Å². The Morgan fingerprint density at radius 2 is 2.04 bits per heavy atom. The number of nitrogens with one attached hydrogen (secondary N) is 2. The molecule has 1 aromatic carbocycles. The minimum atomic E-state index is -0.245. The number of aromatic nitrogens is 1. The topological polar surface area (TPSA) is 117 Å². The van der Waals surface area contributed by atoms with Crippen molar-refractivity contribution in [3.63, 3.8) is 0 Å². The second kappa shape index (κ2) is 7.69. The maximum atomic E-state index is 12.1. The van der Waals surface area contributed by atoms with Crippen LogP contribution in [0.3, 0.4) is 0 Å². The fourth-order valence-corrected chi connectivity index (χ4v) is 2.85. The molecule has 24 heavy (non-hydrogen) atoms. The minimum absolute atomic E-state index is 0.0719. The van der Waals surface area contributed by atoms with E-state index >= 15 is 0 Å². The summed E-state index contributed by atoms with van der Waals surface area (Å²) in [6.45, 7) is 1.86. The number of thioether (sulfide) groups is 1. The highest BCUT2D eigenvalue weighted by atomic mass is 35.5. The summed E-state index contributed by atoms with van der Waals surface area (Å²) in [5, 5.41) is 21.8. The molecule has 1 aromatic heterocycles. The number of nitrogens with zero attached hydrogens (tertiary/aromatic N) is 2. The lowest BCUT2D eigenvalue weighted by Crippen LogP contribution is -2.20. The molecule has 0 unspecified atom stereocenters. The number of nitrogens with two attached hydrogens (primary N) is 1. The first-order valence-corrected chi connectivity index (χ1v) is 8.15. The van der Waals surface area contributed by atoms with E-state index in [9.17, 15) is 4.79 Å². The van der Waals surface area contributed by atoms with Crippen LogP contribution in [0.2, 0.25) is 5.02 Å². The summed E-state index contributed by atoms with van der Waals surface area (Å²) in [7, 11) is 0. The maximum Gasteiger partial charge on any atom is 0.289 e. The number of aromatic amines is 1. The normalized spacial score (nSPS) is 9.83. The third-order valence-corrected chi connectivity index (χ3v) is 4.39. The van der Waals surface area contributed by atoms with E-state index in [2.05, 4.69) is 10.3 Å². The van der Waals surface area contributed by atoms with Crippen LogP contribution in [0.1, 0.15) is 16.7 Å². The highest BCUT2D eigenvalue weighted by Gasteiger charge is 2.16. The summed E-state index contributed by atoms with van der Waals surface area (Å²) in [6.07, 6.45) is 0. The number of pyridine rings is 1. The Bertz CT molecular complexity index is 885. The van der Waals surface area contributed by atoms with Crippen molar-refractivity contribution >= 4 is 40.8 Å². The summed E-state index contributed by atoms with van der Waals surface area (Å²) in [6, 6.07) is 10.5. The molecule has 0 saturated carbocycles. The van der Waals surface area contributed by atoms with E-state index in [1.165, 1.54) is 6.07 Å². The summed E-state index contributed by atoms with van der Waals surface area (Å²) >= 11 is 7.05. The van der Waals surface area contributed by atoms with Crippen molar-refractivity contribution in [2.24, 2.45) is 0 Å². The van der Waals surface area contributed by atoms with Crippen molar-refractivity contribution in [3.05, 3.63) is 46.0 Å². The molecule has 0 fully saturated rings. The molecular formula is C16H13ClN5OS+. The predicted molar refractivity (Wildman–Crippen MR) is 92.4 cm³/mol. The first kappa shape index (κ1) is 17.6. The quantitative estimate of drug-likeness (QED) is 0.814. The summed E-state index contributed by atoms with van der Waals surface area (Å²) in [4.78, 5) is 14.9. The van der Waals surface area contributed by atoms with Gasteiger partial charge in [0.25, 0.3) is 5.82 Å². The molecule has 6 nitrogen and oxygen atoms in total. The number of benzene rings is 1. The number of hydrogen-bond donors (Lipinski definition) is 2. The zero-order valence-corrected chi connectivity index (χ0v) is 14.3. The molecule has 4 N–H and O–H groups in total. The maximum absolute atomic E-state index is 12.1. The van der Waals surface area contributed by atoms with Crippen LogP contribution < -0.4 is 16.0 Å². The van der Waals surface area contributed by atoms with Crippen LogP contribution in [0.25, 0.3) is 0 Å². The van der Waals surface area contributed by atoms with Gasteiger partial charge in [0.05, 0.1) is 5.75 Å². The van der Waals surface area contributed by atoms with Gasteiger partial charge in [0.2, 0.25) is 5.91 Å². The number of nitriles is 2. The average Bonchev–Trinajstić information content (AvgIpc) is 2.56. The average molecular weight is 359 g/mol. The van der Waals surface area contributed by atoms with Crippen LogP contribution in [0.5, 0.6) is 0 Å². The zero-order valence-electron chi connectivity index (χ0n) is 12.7. The number of nitrogen functional groups attached to an aromatic ring is 1. The lowest BCUT2D eigenvalue weighted by molar-refractivity contribution is -0.410. The fourth-order valence-electron chi connectivity index (χ4n) is 1.89. The SMILES string of the molecule is Cc1ccc(Cl)cc1NC(=O)CSc1[nH+]c(N)c(C#N)cc1C#N. The molecule has 0 bridgehead atoms. The van der Waals surface area contributed by atoms with Gasteiger partial charge < -0.3 is 5.32 Å². The molecule has 0 aliphatic carbocycles. The summed E-state index contributed by atoms with van der Waals surface area (Å²) in [5.41, 5.74) is 7.69. The smallest absolute Gasteiger partial charge is 0.289 e. The Hall–Kier alpha value is -2.74. The molecule has 0 aliphatic heterocycles. The molecule has 120 valence electrons. The number of amides is 1. The highest BCUT2D eigenvalue weighted by Crippen LogP contribution is 2.23. The number of rotatable bonds is 4. The summed E-state index contributed by atoms with van der Waals surface area (Å²) in [5.74, 6) is -0.0154. The van der Waals surface area contributed by atoms with E-state index in [-0.39, 0.29) is 28.6 Å². The van der Waals surface area contributed by atoms with Crippen LogP contribution in [-0.4, -0.2) is 11.7 Å². The largest absolute Gasteiger partial charge is 0.325 e. The van der Waals surface area contributed by atoms with Gasteiger partial charge in [0.15, 0.2) is 5.03 Å². The molecule has 1 amide bonds. The van der Waals surface area contributed by atoms with E-state index in [0.29, 0.717) is 15.7 Å². The fraction of sp³-hybridized carbons (Fsp3) is 0.125. The number of H-pyrrole nitrogens is 1. The lowest BCUT2D eigenvalue weighted by atomic mass is 10.2. The first-order chi connectivity index (χ1) is 11.4. The van der Waals surface area contributed by atoms with Gasteiger partial charge in [-0.3, -0.25) is 10.5 Å². The van der Waals surface area contributed by atoms with Gasteiger partial charge in [0, 0.05) is 10.7 Å². The van der Waals surface area contributed by atoms with Gasteiger partial charge in [-0.2, -0.15) is 10.5 Å². The highest BCUT2D eigenvalue weighted by molar-refractivity contribution is 7.99.